The number of ketones is 1. The highest BCUT2D eigenvalue weighted by molar-refractivity contribution is 7.90. The lowest BCUT2D eigenvalue weighted by molar-refractivity contribution is -0.137. The largest absolute Gasteiger partial charge is 0.494 e. The Morgan fingerprint density at radius 1 is 1.30 bits per heavy atom. The lowest BCUT2D eigenvalue weighted by Gasteiger charge is -2.26. The summed E-state index contributed by atoms with van der Waals surface area (Å²) in [6.07, 6.45) is 4.15. The molecule has 10 heteroatoms. The van der Waals surface area contributed by atoms with Crippen molar-refractivity contribution in [1.82, 2.24) is 4.90 Å². The van der Waals surface area contributed by atoms with Crippen molar-refractivity contribution in [3.8, 4) is 5.75 Å². The Bertz CT molecular complexity index is 997. The number of carbonyl (C=O) groups excluding carboxylic acids is 2. The Hall–Kier alpha value is -3.01. The summed E-state index contributed by atoms with van der Waals surface area (Å²) >= 11 is 0. The van der Waals surface area contributed by atoms with Gasteiger partial charge in [-0.3, -0.25) is 4.79 Å². The molecule has 0 unspecified atom stereocenters. The van der Waals surface area contributed by atoms with E-state index < -0.39 is 34.2 Å². The third-order valence-corrected chi connectivity index (χ3v) is 5.03. The smallest absolute Gasteiger partial charge is 0.340 e. The van der Waals surface area contributed by atoms with Crippen LogP contribution < -0.4 is 4.74 Å². The molecule has 1 aromatic rings. The number of carbonyl (C=O) groups is 2. The Morgan fingerprint density at radius 2 is 2.07 bits per heavy atom. The first-order valence-electron chi connectivity index (χ1n) is 7.82. The molecular weight excluding hydrogens is 379 g/mol. The van der Waals surface area contributed by atoms with Crippen LogP contribution in [0.4, 0.5) is 4.39 Å². The van der Waals surface area contributed by atoms with E-state index >= 15 is 0 Å². The molecule has 0 radical (unpaired) electrons. The van der Waals surface area contributed by atoms with E-state index in [1.807, 2.05) is 0 Å². The molecule has 0 aliphatic carbocycles. The average Bonchev–Trinajstić information content (AvgIpc) is 2.64. The van der Waals surface area contributed by atoms with Crippen LogP contribution in [-0.4, -0.2) is 56.9 Å². The number of rotatable bonds is 5. The first kappa shape index (κ1) is 18.8. The number of esters is 1. The van der Waals surface area contributed by atoms with Crippen molar-refractivity contribution in [3.05, 3.63) is 53.5 Å². The fourth-order valence-corrected chi connectivity index (χ4v) is 3.43. The number of fused-ring (bicyclic) bond motifs is 1. The van der Waals surface area contributed by atoms with E-state index in [0.29, 0.717) is 0 Å². The molecule has 1 aromatic carbocycles. The fraction of sp³-hybridized carbons (Fsp3) is 0.235. The van der Waals surface area contributed by atoms with Gasteiger partial charge in [0.15, 0.2) is 24.0 Å². The van der Waals surface area contributed by atoms with Gasteiger partial charge >= 0.3 is 5.97 Å². The second-order valence-corrected chi connectivity index (χ2v) is 7.45. The maximum atomic E-state index is 13.7. The normalized spacial score (nSPS) is 17.5. The molecule has 2 aliphatic heterocycles. The van der Waals surface area contributed by atoms with Crippen molar-refractivity contribution in [1.29, 1.82) is 0 Å². The molecule has 0 aromatic heterocycles. The van der Waals surface area contributed by atoms with Crippen molar-refractivity contribution >= 4 is 27.6 Å². The molecule has 0 spiro atoms. The highest BCUT2D eigenvalue weighted by atomic mass is 32.2. The van der Waals surface area contributed by atoms with Crippen molar-refractivity contribution in [2.75, 3.05) is 26.0 Å². The van der Waals surface area contributed by atoms with Gasteiger partial charge in [-0.25, -0.2) is 17.6 Å². The van der Waals surface area contributed by atoms with Gasteiger partial charge in [0.2, 0.25) is 0 Å². The summed E-state index contributed by atoms with van der Waals surface area (Å²) in [7, 11) is -2.18. The SMILES string of the molecule is COc1ccc(C(=O)COC(=O)C2=CN3CCS(=O)(=O)N=C3C=C2)cc1F. The topological polar surface area (TPSA) is 102 Å². The highest BCUT2D eigenvalue weighted by Gasteiger charge is 2.25. The maximum Gasteiger partial charge on any atom is 0.340 e. The Labute approximate surface area is 154 Å². The number of Topliss-reactive ketones (excluding diaryl/α,β-unsaturated/α-hetero) is 1. The Kier molecular flexibility index (Phi) is 5.08. The summed E-state index contributed by atoms with van der Waals surface area (Å²) in [5.74, 6) is -1.98. The third-order valence-electron chi connectivity index (χ3n) is 3.87. The number of halogens is 1. The van der Waals surface area contributed by atoms with Gasteiger partial charge in [-0.2, -0.15) is 0 Å². The van der Waals surface area contributed by atoms with Crippen LogP contribution in [0, 0.1) is 5.82 Å². The summed E-state index contributed by atoms with van der Waals surface area (Å²) in [5, 5.41) is 0. The molecule has 0 saturated heterocycles. The fourth-order valence-electron chi connectivity index (χ4n) is 2.46. The van der Waals surface area contributed by atoms with E-state index in [4.69, 9.17) is 9.47 Å². The van der Waals surface area contributed by atoms with E-state index in [9.17, 15) is 22.4 Å². The maximum absolute atomic E-state index is 13.7. The van der Waals surface area contributed by atoms with Crippen LogP contribution in [0.1, 0.15) is 10.4 Å². The number of methoxy groups -OCH3 is 1. The number of sulfonamides is 1. The lowest BCUT2D eigenvalue weighted by atomic mass is 10.1. The predicted octanol–water partition coefficient (Wildman–Crippen LogP) is 1.06. The minimum absolute atomic E-state index is 0.00190. The number of hydrogen-bond donors (Lipinski definition) is 0. The van der Waals surface area contributed by atoms with Crippen molar-refractivity contribution in [3.63, 3.8) is 0 Å². The second-order valence-electron chi connectivity index (χ2n) is 5.70. The summed E-state index contributed by atoms with van der Waals surface area (Å²) in [6.45, 7) is -0.405. The third kappa shape index (κ3) is 4.22. The summed E-state index contributed by atoms with van der Waals surface area (Å²) in [6, 6.07) is 3.68. The van der Waals surface area contributed by atoms with Gasteiger partial charge in [0.05, 0.1) is 18.4 Å². The van der Waals surface area contributed by atoms with Crippen LogP contribution in [0.2, 0.25) is 0 Å². The zero-order chi connectivity index (χ0) is 19.6. The summed E-state index contributed by atoms with van der Waals surface area (Å²) in [5.41, 5.74) is 0.187. The number of amidine groups is 1. The molecule has 3 rings (SSSR count). The first-order chi connectivity index (χ1) is 12.8. The molecule has 8 nitrogen and oxygen atoms in total. The van der Waals surface area contributed by atoms with E-state index in [2.05, 4.69) is 4.40 Å². The van der Waals surface area contributed by atoms with Gasteiger partial charge in [0.1, 0.15) is 5.84 Å². The van der Waals surface area contributed by atoms with Crippen LogP contribution in [0.15, 0.2) is 46.5 Å². The number of ether oxygens (including phenoxy) is 2. The Morgan fingerprint density at radius 3 is 2.78 bits per heavy atom. The summed E-state index contributed by atoms with van der Waals surface area (Å²) in [4.78, 5) is 25.7. The molecular formula is C17H15FN2O6S. The van der Waals surface area contributed by atoms with E-state index in [0.717, 1.165) is 6.07 Å². The number of nitrogens with zero attached hydrogens (tertiary/aromatic N) is 2. The molecule has 27 heavy (non-hydrogen) atoms. The van der Waals surface area contributed by atoms with Crippen LogP contribution in [0.3, 0.4) is 0 Å². The minimum Gasteiger partial charge on any atom is -0.494 e. The Balaban J connectivity index is 1.63. The highest BCUT2D eigenvalue weighted by Crippen LogP contribution is 2.19. The quantitative estimate of drug-likeness (QED) is 0.543. The number of benzene rings is 1. The van der Waals surface area contributed by atoms with Gasteiger partial charge in [-0.05, 0) is 30.4 Å². The van der Waals surface area contributed by atoms with Crippen LogP contribution in [0.25, 0.3) is 0 Å². The van der Waals surface area contributed by atoms with Gasteiger partial charge in [-0.1, -0.05) is 0 Å². The monoisotopic (exact) mass is 394 g/mol. The van der Waals surface area contributed by atoms with E-state index in [1.54, 1.807) is 0 Å². The van der Waals surface area contributed by atoms with Crippen molar-refractivity contribution in [2.45, 2.75) is 0 Å². The average molecular weight is 394 g/mol. The van der Waals surface area contributed by atoms with Crippen LogP contribution >= 0.6 is 0 Å². The van der Waals surface area contributed by atoms with E-state index in [-0.39, 0.29) is 35.0 Å². The lowest BCUT2D eigenvalue weighted by Crippen LogP contribution is -2.37. The molecule has 2 heterocycles. The van der Waals surface area contributed by atoms with Crippen molar-refractivity contribution in [2.24, 2.45) is 4.40 Å². The van der Waals surface area contributed by atoms with Gasteiger partial charge in [0, 0.05) is 18.3 Å². The minimum atomic E-state index is -3.49. The van der Waals surface area contributed by atoms with Gasteiger partial charge < -0.3 is 14.4 Å². The zero-order valence-corrected chi connectivity index (χ0v) is 15.0. The molecule has 0 bridgehead atoms. The van der Waals surface area contributed by atoms with E-state index in [1.165, 1.54) is 42.5 Å². The van der Waals surface area contributed by atoms with Crippen molar-refractivity contribution < 1.29 is 31.9 Å². The standard InChI is InChI=1S/C17H15FN2O6S/c1-25-15-4-2-11(8-13(15)18)14(21)10-26-17(22)12-3-5-16-19-27(23,24)7-6-20(16)9-12/h2-5,8-9H,6-7,10H2,1H3. The molecule has 0 atom stereocenters. The zero-order valence-electron chi connectivity index (χ0n) is 14.2. The molecule has 2 aliphatic rings. The second kappa shape index (κ2) is 7.31. The van der Waals surface area contributed by atoms with Gasteiger partial charge in [-0.15, -0.1) is 4.40 Å². The molecule has 0 amide bonds. The number of hydrogen-bond acceptors (Lipinski definition) is 7. The predicted molar refractivity (Wildman–Crippen MR) is 93.4 cm³/mol. The molecule has 0 fully saturated rings. The molecule has 0 N–H and O–H groups in total. The van der Waals surface area contributed by atoms with Crippen LogP contribution in [0.5, 0.6) is 5.75 Å². The van der Waals surface area contributed by atoms with Gasteiger partial charge in [0.25, 0.3) is 10.0 Å². The summed E-state index contributed by atoms with van der Waals surface area (Å²) < 4.78 is 49.9. The van der Waals surface area contributed by atoms with Crippen LogP contribution in [-0.2, 0) is 19.6 Å². The molecule has 142 valence electrons. The molecule has 0 saturated carbocycles. The first-order valence-corrected chi connectivity index (χ1v) is 9.43.